The van der Waals surface area contributed by atoms with Gasteiger partial charge in [-0.15, -0.1) is 0 Å². The monoisotopic (exact) mass is 271 g/mol. The van der Waals surface area contributed by atoms with Crippen molar-refractivity contribution in [2.45, 2.75) is 51.7 Å². The molecule has 0 saturated carbocycles. The predicted molar refractivity (Wildman–Crippen MR) is 70.5 cm³/mol. The van der Waals surface area contributed by atoms with Gasteiger partial charge in [0.15, 0.2) is 0 Å². The van der Waals surface area contributed by atoms with E-state index in [1.807, 2.05) is 6.92 Å². The van der Waals surface area contributed by atoms with Gasteiger partial charge in [-0.2, -0.15) is 4.98 Å². The predicted octanol–water partition coefficient (Wildman–Crippen LogP) is -0.119. The number of hydrogen-bond donors (Lipinski definition) is 3. The van der Waals surface area contributed by atoms with E-state index in [1.54, 1.807) is 6.92 Å². The molecule has 1 heterocycles. The van der Waals surface area contributed by atoms with Gasteiger partial charge in [0.05, 0.1) is 12.2 Å². The van der Waals surface area contributed by atoms with Crippen LogP contribution in [0, 0.1) is 0 Å². The summed E-state index contributed by atoms with van der Waals surface area (Å²) in [5.74, 6) is 0.143. The normalized spacial score (nSPS) is 17.7. The first-order valence-corrected chi connectivity index (χ1v) is 6.23. The Labute approximate surface area is 111 Å². The molecule has 0 spiro atoms. The first-order valence-electron chi connectivity index (χ1n) is 6.23. The van der Waals surface area contributed by atoms with Gasteiger partial charge in [-0.25, -0.2) is 4.79 Å². The Balaban J connectivity index is 2.82. The molecule has 0 aliphatic heterocycles. The van der Waals surface area contributed by atoms with Gasteiger partial charge in [0.1, 0.15) is 18.1 Å². The van der Waals surface area contributed by atoms with E-state index in [1.165, 1.54) is 23.8 Å². The number of nitrogens with zero attached hydrogens (tertiary/aromatic N) is 2. The number of nitrogen functional groups attached to an aromatic ring is 1. The standard InChI is InChI=1S/C12H21N3O4/c1-4-9(11(17)7(2)16)19-8(3)15-6-5-10(13)14-12(15)18/h5-9,11,16-17H,4H2,1-3H3,(H2,13,14,18)/t7?,8?,9-,11-/m1/s1. The van der Waals surface area contributed by atoms with Crippen LogP contribution in [0.2, 0.25) is 0 Å². The lowest BCUT2D eigenvalue weighted by atomic mass is 10.1. The summed E-state index contributed by atoms with van der Waals surface area (Å²) >= 11 is 0. The number of ether oxygens (including phenoxy) is 1. The molecule has 0 aromatic carbocycles. The van der Waals surface area contributed by atoms with Crippen molar-refractivity contribution in [2.75, 3.05) is 5.73 Å². The molecule has 0 aliphatic rings. The van der Waals surface area contributed by atoms with Crippen LogP contribution < -0.4 is 11.4 Å². The Morgan fingerprint density at radius 1 is 1.47 bits per heavy atom. The van der Waals surface area contributed by atoms with Crippen LogP contribution >= 0.6 is 0 Å². The summed E-state index contributed by atoms with van der Waals surface area (Å²) < 4.78 is 6.87. The van der Waals surface area contributed by atoms with E-state index >= 15 is 0 Å². The highest BCUT2D eigenvalue weighted by Gasteiger charge is 2.25. The fourth-order valence-electron chi connectivity index (χ4n) is 1.75. The number of aliphatic hydroxyl groups is 2. The Kier molecular flexibility index (Phi) is 5.46. The molecule has 19 heavy (non-hydrogen) atoms. The summed E-state index contributed by atoms with van der Waals surface area (Å²) in [4.78, 5) is 15.2. The number of aromatic nitrogens is 2. The van der Waals surface area contributed by atoms with Crippen LogP contribution in [0.25, 0.3) is 0 Å². The molecule has 0 saturated heterocycles. The van der Waals surface area contributed by atoms with Crippen LogP contribution in [0.4, 0.5) is 5.82 Å². The summed E-state index contributed by atoms with van der Waals surface area (Å²) in [7, 11) is 0. The molecule has 4 N–H and O–H groups in total. The van der Waals surface area contributed by atoms with Crippen molar-refractivity contribution in [1.82, 2.24) is 9.55 Å². The fourth-order valence-corrected chi connectivity index (χ4v) is 1.75. The smallest absolute Gasteiger partial charge is 0.351 e. The van der Waals surface area contributed by atoms with Crippen molar-refractivity contribution in [2.24, 2.45) is 0 Å². The molecule has 1 aromatic heterocycles. The van der Waals surface area contributed by atoms with E-state index in [4.69, 9.17) is 10.5 Å². The van der Waals surface area contributed by atoms with Gasteiger partial charge in [0.2, 0.25) is 0 Å². The number of hydrogen-bond acceptors (Lipinski definition) is 6. The van der Waals surface area contributed by atoms with E-state index < -0.39 is 30.2 Å². The molecule has 0 amide bonds. The zero-order chi connectivity index (χ0) is 14.6. The van der Waals surface area contributed by atoms with E-state index in [9.17, 15) is 15.0 Å². The number of aliphatic hydroxyl groups excluding tert-OH is 2. The molecule has 2 unspecified atom stereocenters. The highest BCUT2D eigenvalue weighted by molar-refractivity contribution is 5.23. The van der Waals surface area contributed by atoms with Crippen molar-refractivity contribution in [1.29, 1.82) is 0 Å². The molecule has 0 radical (unpaired) electrons. The molecular weight excluding hydrogens is 250 g/mol. The fraction of sp³-hybridized carbons (Fsp3) is 0.667. The summed E-state index contributed by atoms with van der Waals surface area (Å²) in [6, 6.07) is 1.49. The molecule has 1 rings (SSSR count). The summed E-state index contributed by atoms with van der Waals surface area (Å²) in [6.07, 6.45) is -1.11. The lowest BCUT2D eigenvalue weighted by Gasteiger charge is -2.27. The third-order valence-corrected chi connectivity index (χ3v) is 2.89. The maximum absolute atomic E-state index is 11.6. The third-order valence-electron chi connectivity index (χ3n) is 2.89. The van der Waals surface area contributed by atoms with Gasteiger partial charge in [0.25, 0.3) is 0 Å². The van der Waals surface area contributed by atoms with Crippen molar-refractivity contribution >= 4 is 5.82 Å². The van der Waals surface area contributed by atoms with Crippen LogP contribution in [0.5, 0.6) is 0 Å². The minimum absolute atomic E-state index is 0.143. The van der Waals surface area contributed by atoms with Gasteiger partial charge in [-0.3, -0.25) is 4.57 Å². The average molecular weight is 271 g/mol. The Morgan fingerprint density at radius 3 is 2.58 bits per heavy atom. The second kappa shape index (κ2) is 6.65. The molecule has 0 aliphatic carbocycles. The molecule has 1 aromatic rings. The second-order valence-electron chi connectivity index (χ2n) is 4.46. The zero-order valence-electron chi connectivity index (χ0n) is 11.4. The van der Waals surface area contributed by atoms with E-state index in [2.05, 4.69) is 4.98 Å². The molecule has 108 valence electrons. The van der Waals surface area contributed by atoms with E-state index in [0.717, 1.165) is 0 Å². The van der Waals surface area contributed by atoms with Gasteiger partial charge in [0, 0.05) is 6.20 Å². The number of nitrogens with two attached hydrogens (primary N) is 1. The first kappa shape index (κ1) is 15.6. The largest absolute Gasteiger partial charge is 0.391 e. The maximum atomic E-state index is 11.6. The quantitative estimate of drug-likeness (QED) is 0.665. The molecule has 0 bridgehead atoms. The third kappa shape index (κ3) is 4.02. The summed E-state index contributed by atoms with van der Waals surface area (Å²) in [6.45, 7) is 4.97. The van der Waals surface area contributed by atoms with Crippen molar-refractivity contribution in [3.63, 3.8) is 0 Å². The second-order valence-corrected chi connectivity index (χ2v) is 4.46. The van der Waals surface area contributed by atoms with Crippen LogP contribution in [0.15, 0.2) is 17.1 Å². The van der Waals surface area contributed by atoms with E-state index in [-0.39, 0.29) is 5.82 Å². The minimum Gasteiger partial charge on any atom is -0.391 e. The summed E-state index contributed by atoms with van der Waals surface area (Å²) in [5, 5.41) is 19.2. The highest BCUT2D eigenvalue weighted by atomic mass is 16.5. The molecule has 7 heteroatoms. The summed E-state index contributed by atoms with van der Waals surface area (Å²) in [5.41, 5.74) is 4.89. The zero-order valence-corrected chi connectivity index (χ0v) is 11.4. The average Bonchev–Trinajstić information content (AvgIpc) is 2.34. The maximum Gasteiger partial charge on any atom is 0.351 e. The minimum atomic E-state index is -1.01. The SMILES string of the molecule is CC[C@@H](OC(C)n1ccc(N)nc1=O)[C@H](O)C(C)O. The van der Waals surface area contributed by atoms with Gasteiger partial charge < -0.3 is 20.7 Å². The van der Waals surface area contributed by atoms with Crippen LogP contribution in [-0.4, -0.2) is 38.1 Å². The molecule has 0 fully saturated rings. The highest BCUT2D eigenvalue weighted by Crippen LogP contribution is 2.15. The van der Waals surface area contributed by atoms with Crippen LogP contribution in [0.1, 0.15) is 33.4 Å². The van der Waals surface area contributed by atoms with Crippen LogP contribution in [0.3, 0.4) is 0 Å². The number of rotatable bonds is 6. The Morgan fingerprint density at radius 2 is 2.11 bits per heavy atom. The van der Waals surface area contributed by atoms with Crippen LogP contribution in [-0.2, 0) is 4.74 Å². The number of anilines is 1. The Bertz CT molecular complexity index is 461. The van der Waals surface area contributed by atoms with Gasteiger partial charge in [-0.05, 0) is 26.3 Å². The molecular formula is C12H21N3O4. The molecule has 7 nitrogen and oxygen atoms in total. The van der Waals surface area contributed by atoms with Crippen molar-refractivity contribution in [3.05, 3.63) is 22.7 Å². The topological polar surface area (TPSA) is 111 Å². The van der Waals surface area contributed by atoms with Gasteiger partial charge >= 0.3 is 5.69 Å². The van der Waals surface area contributed by atoms with E-state index in [0.29, 0.717) is 6.42 Å². The van der Waals surface area contributed by atoms with Crippen molar-refractivity contribution < 1.29 is 14.9 Å². The molecule has 4 atom stereocenters. The lowest BCUT2D eigenvalue weighted by Crippen LogP contribution is -2.39. The lowest BCUT2D eigenvalue weighted by molar-refractivity contribution is -0.128. The van der Waals surface area contributed by atoms with Crippen molar-refractivity contribution in [3.8, 4) is 0 Å². The van der Waals surface area contributed by atoms with Gasteiger partial charge in [-0.1, -0.05) is 6.92 Å². The Hall–Kier alpha value is -1.44. The first-order chi connectivity index (χ1) is 8.86.